The average molecular weight is 374 g/mol. The minimum absolute atomic E-state index is 0.132. The molecule has 0 aliphatic carbocycles. The SMILES string of the molecule is Cc1ccc(-n2cnnc2SCC(=O)Oc2ccc(Cl)cc2C)cc1. The molecule has 3 rings (SSSR count). The molecule has 0 amide bonds. The van der Waals surface area contributed by atoms with Gasteiger partial charge in [-0.25, -0.2) is 0 Å². The quantitative estimate of drug-likeness (QED) is 0.380. The summed E-state index contributed by atoms with van der Waals surface area (Å²) in [6.07, 6.45) is 1.63. The van der Waals surface area contributed by atoms with Crippen molar-refractivity contribution in [2.75, 3.05) is 5.75 Å². The largest absolute Gasteiger partial charge is 0.426 e. The fourth-order valence-electron chi connectivity index (χ4n) is 2.21. The number of ether oxygens (including phenoxy) is 1. The van der Waals surface area contributed by atoms with Crippen molar-refractivity contribution in [3.05, 3.63) is 64.9 Å². The second-order valence-corrected chi connectivity index (χ2v) is 6.87. The molecule has 2 aromatic carbocycles. The zero-order valence-electron chi connectivity index (χ0n) is 13.8. The van der Waals surface area contributed by atoms with Crippen molar-refractivity contribution >= 4 is 29.3 Å². The summed E-state index contributed by atoms with van der Waals surface area (Å²) in [5.41, 5.74) is 2.93. The van der Waals surface area contributed by atoms with Crippen LogP contribution in [0.15, 0.2) is 53.9 Å². The third-order valence-corrected chi connectivity index (χ3v) is 4.66. The number of esters is 1. The van der Waals surface area contributed by atoms with Gasteiger partial charge in [0, 0.05) is 10.7 Å². The molecule has 0 radical (unpaired) electrons. The van der Waals surface area contributed by atoms with Crippen molar-refractivity contribution in [2.24, 2.45) is 0 Å². The van der Waals surface area contributed by atoms with Gasteiger partial charge in [-0.2, -0.15) is 0 Å². The van der Waals surface area contributed by atoms with Gasteiger partial charge in [-0.3, -0.25) is 9.36 Å². The molecule has 0 N–H and O–H groups in total. The van der Waals surface area contributed by atoms with E-state index in [4.69, 9.17) is 16.3 Å². The molecule has 25 heavy (non-hydrogen) atoms. The fraction of sp³-hybridized carbons (Fsp3) is 0.167. The van der Waals surface area contributed by atoms with Crippen molar-refractivity contribution in [3.63, 3.8) is 0 Å². The van der Waals surface area contributed by atoms with Crippen molar-refractivity contribution in [1.82, 2.24) is 14.8 Å². The summed E-state index contributed by atoms with van der Waals surface area (Å²) in [6, 6.07) is 13.1. The third-order valence-electron chi connectivity index (χ3n) is 3.51. The van der Waals surface area contributed by atoms with Gasteiger partial charge in [0.2, 0.25) is 0 Å². The summed E-state index contributed by atoms with van der Waals surface area (Å²) >= 11 is 7.18. The lowest BCUT2D eigenvalue weighted by molar-refractivity contribution is -0.131. The standard InChI is InChI=1S/C18H16ClN3O2S/c1-12-3-6-15(7-4-12)22-11-20-21-18(22)25-10-17(23)24-16-8-5-14(19)9-13(16)2/h3-9,11H,10H2,1-2H3. The molecule has 0 saturated carbocycles. The molecule has 0 aliphatic rings. The minimum Gasteiger partial charge on any atom is -0.426 e. The molecule has 128 valence electrons. The van der Waals surface area contributed by atoms with Gasteiger partial charge in [0.1, 0.15) is 12.1 Å². The van der Waals surface area contributed by atoms with Crippen molar-refractivity contribution < 1.29 is 9.53 Å². The third kappa shape index (κ3) is 4.41. The van der Waals surface area contributed by atoms with E-state index in [1.165, 1.54) is 17.3 Å². The van der Waals surface area contributed by atoms with Gasteiger partial charge in [-0.1, -0.05) is 41.1 Å². The van der Waals surface area contributed by atoms with Crippen LogP contribution in [0.2, 0.25) is 5.02 Å². The molecule has 3 aromatic rings. The minimum atomic E-state index is -0.353. The van der Waals surface area contributed by atoms with Crippen molar-refractivity contribution in [3.8, 4) is 11.4 Å². The monoisotopic (exact) mass is 373 g/mol. The number of halogens is 1. The van der Waals surface area contributed by atoms with Gasteiger partial charge in [-0.05, 0) is 49.7 Å². The number of aryl methyl sites for hydroxylation is 2. The lowest BCUT2D eigenvalue weighted by Gasteiger charge is -2.08. The fourth-order valence-corrected chi connectivity index (χ4v) is 3.14. The number of rotatable bonds is 5. The molecule has 0 fully saturated rings. The Hall–Kier alpha value is -2.31. The Bertz CT molecular complexity index is 894. The molecule has 0 aliphatic heterocycles. The molecule has 0 bridgehead atoms. The van der Waals surface area contributed by atoms with Gasteiger partial charge in [0.15, 0.2) is 5.16 Å². The normalized spacial score (nSPS) is 10.7. The van der Waals surface area contributed by atoms with Gasteiger partial charge in [-0.15, -0.1) is 10.2 Å². The van der Waals surface area contributed by atoms with Gasteiger partial charge >= 0.3 is 5.97 Å². The maximum Gasteiger partial charge on any atom is 0.321 e. The van der Waals surface area contributed by atoms with E-state index in [1.807, 2.05) is 42.7 Å². The van der Waals surface area contributed by atoms with E-state index in [9.17, 15) is 4.79 Å². The highest BCUT2D eigenvalue weighted by Crippen LogP contribution is 2.24. The van der Waals surface area contributed by atoms with E-state index < -0.39 is 0 Å². The first kappa shape index (κ1) is 17.5. The number of nitrogens with zero attached hydrogens (tertiary/aromatic N) is 3. The molecule has 7 heteroatoms. The number of aromatic nitrogens is 3. The van der Waals surface area contributed by atoms with Crippen LogP contribution in [0.25, 0.3) is 5.69 Å². The predicted molar refractivity (Wildman–Crippen MR) is 98.6 cm³/mol. The Labute approximate surface area is 155 Å². The first-order chi connectivity index (χ1) is 12.0. The van der Waals surface area contributed by atoms with Crippen molar-refractivity contribution in [1.29, 1.82) is 0 Å². The highest BCUT2D eigenvalue weighted by Gasteiger charge is 2.12. The summed E-state index contributed by atoms with van der Waals surface area (Å²) in [5, 5.41) is 9.25. The number of carbonyl (C=O) groups is 1. The smallest absolute Gasteiger partial charge is 0.321 e. The molecular weight excluding hydrogens is 358 g/mol. The number of carbonyl (C=O) groups excluding carboxylic acids is 1. The number of benzene rings is 2. The summed E-state index contributed by atoms with van der Waals surface area (Å²) in [6.45, 7) is 3.87. The molecule has 0 spiro atoms. The van der Waals surface area contributed by atoms with E-state index in [0.29, 0.717) is 15.9 Å². The van der Waals surface area contributed by atoms with Crippen LogP contribution >= 0.6 is 23.4 Å². The molecule has 1 heterocycles. The first-order valence-electron chi connectivity index (χ1n) is 7.59. The van der Waals surface area contributed by atoms with E-state index in [1.54, 1.807) is 24.5 Å². The van der Waals surface area contributed by atoms with Gasteiger partial charge in [0.25, 0.3) is 0 Å². The maximum absolute atomic E-state index is 12.1. The Morgan fingerprint density at radius 3 is 2.68 bits per heavy atom. The molecule has 0 saturated heterocycles. The lowest BCUT2D eigenvalue weighted by Crippen LogP contribution is -2.12. The zero-order chi connectivity index (χ0) is 17.8. The Morgan fingerprint density at radius 1 is 1.20 bits per heavy atom. The van der Waals surface area contributed by atoms with Crippen molar-refractivity contribution in [2.45, 2.75) is 19.0 Å². The van der Waals surface area contributed by atoms with Crippen LogP contribution in [0.1, 0.15) is 11.1 Å². The van der Waals surface area contributed by atoms with E-state index in [0.717, 1.165) is 11.3 Å². The number of hydrogen-bond acceptors (Lipinski definition) is 5. The predicted octanol–water partition coefficient (Wildman–Crippen LogP) is 4.24. The number of thioether (sulfide) groups is 1. The van der Waals surface area contributed by atoms with Crippen LogP contribution in [0.3, 0.4) is 0 Å². The molecular formula is C18H16ClN3O2S. The van der Waals surface area contributed by atoms with Crippen LogP contribution in [0.5, 0.6) is 5.75 Å². The Kier molecular flexibility index (Phi) is 5.40. The molecule has 0 unspecified atom stereocenters. The van der Waals surface area contributed by atoms with Crippen LogP contribution in [-0.2, 0) is 4.79 Å². The summed E-state index contributed by atoms with van der Waals surface area (Å²) < 4.78 is 7.22. The Balaban J connectivity index is 1.65. The molecule has 0 atom stereocenters. The second kappa shape index (κ2) is 7.72. The van der Waals surface area contributed by atoms with Crippen LogP contribution in [0.4, 0.5) is 0 Å². The highest BCUT2D eigenvalue weighted by atomic mass is 35.5. The average Bonchev–Trinajstić information content (AvgIpc) is 3.05. The maximum atomic E-state index is 12.1. The van der Waals surface area contributed by atoms with Crippen LogP contribution in [-0.4, -0.2) is 26.5 Å². The second-order valence-electron chi connectivity index (χ2n) is 5.49. The molecule has 1 aromatic heterocycles. The first-order valence-corrected chi connectivity index (χ1v) is 8.96. The van der Waals surface area contributed by atoms with Gasteiger partial charge in [0.05, 0.1) is 5.75 Å². The highest BCUT2D eigenvalue weighted by molar-refractivity contribution is 7.99. The van der Waals surface area contributed by atoms with Crippen LogP contribution < -0.4 is 4.74 Å². The zero-order valence-corrected chi connectivity index (χ0v) is 15.3. The topological polar surface area (TPSA) is 57.0 Å². The Morgan fingerprint density at radius 2 is 1.96 bits per heavy atom. The molecule has 5 nitrogen and oxygen atoms in total. The van der Waals surface area contributed by atoms with Gasteiger partial charge < -0.3 is 4.74 Å². The van der Waals surface area contributed by atoms with E-state index in [2.05, 4.69) is 10.2 Å². The van der Waals surface area contributed by atoms with Crippen LogP contribution in [0, 0.1) is 13.8 Å². The van der Waals surface area contributed by atoms with E-state index >= 15 is 0 Å². The number of hydrogen-bond donors (Lipinski definition) is 0. The summed E-state index contributed by atoms with van der Waals surface area (Å²) in [5.74, 6) is 0.288. The summed E-state index contributed by atoms with van der Waals surface area (Å²) in [7, 11) is 0. The van der Waals surface area contributed by atoms with E-state index in [-0.39, 0.29) is 11.7 Å². The lowest BCUT2D eigenvalue weighted by atomic mass is 10.2. The summed E-state index contributed by atoms with van der Waals surface area (Å²) in [4.78, 5) is 12.1.